The van der Waals surface area contributed by atoms with Crippen LogP contribution in [0, 0.1) is 0 Å². The summed E-state index contributed by atoms with van der Waals surface area (Å²) in [5, 5.41) is 11.6. The Kier molecular flexibility index (Phi) is 7.21. The molecule has 172 valence electrons. The van der Waals surface area contributed by atoms with Crippen LogP contribution >= 0.6 is 0 Å². The lowest BCUT2D eigenvalue weighted by molar-refractivity contribution is 0.146. The zero-order valence-corrected chi connectivity index (χ0v) is 18.9. The minimum atomic E-state index is 0.473. The van der Waals surface area contributed by atoms with Crippen molar-refractivity contribution in [3.05, 3.63) is 60.0 Å². The summed E-state index contributed by atoms with van der Waals surface area (Å²) < 4.78 is 21.5. The number of anilines is 2. The molecular weight excluding hydrogens is 422 g/mol. The first-order chi connectivity index (χ1) is 16.2. The van der Waals surface area contributed by atoms with Gasteiger partial charge in [-0.25, -0.2) is 9.97 Å². The van der Waals surface area contributed by atoms with Crippen molar-refractivity contribution in [1.29, 1.82) is 0 Å². The normalized spacial score (nSPS) is 10.9. The minimum Gasteiger partial charge on any atom is -0.497 e. The topological polar surface area (TPSA) is 103 Å². The van der Waals surface area contributed by atoms with Gasteiger partial charge < -0.3 is 24.3 Å². The number of hydrogen-bond acceptors (Lipinski definition) is 8. The molecule has 0 amide bonds. The van der Waals surface area contributed by atoms with Crippen molar-refractivity contribution < 1.29 is 18.9 Å². The average Bonchev–Trinajstić information content (AvgIpc) is 3.30. The van der Waals surface area contributed by atoms with Gasteiger partial charge in [-0.1, -0.05) is 0 Å². The third-order valence-corrected chi connectivity index (χ3v) is 5.13. The number of ether oxygens (including phenoxy) is 4. The average molecular weight is 450 g/mol. The van der Waals surface area contributed by atoms with Crippen molar-refractivity contribution in [1.82, 2.24) is 20.2 Å². The first-order valence-electron chi connectivity index (χ1n) is 10.6. The Balaban J connectivity index is 1.45. The predicted molar refractivity (Wildman–Crippen MR) is 126 cm³/mol. The number of benzene rings is 2. The number of rotatable bonds is 11. The SMILES string of the molecule is COCCOc1ccc2ncnc(Nc3cc(CCc4cc(OC)cc(OC)c4)[nH]n3)c2c1. The third-order valence-electron chi connectivity index (χ3n) is 5.13. The summed E-state index contributed by atoms with van der Waals surface area (Å²) in [6.07, 6.45) is 3.13. The number of hydrogen-bond donors (Lipinski definition) is 2. The zero-order valence-electron chi connectivity index (χ0n) is 18.9. The highest BCUT2D eigenvalue weighted by Gasteiger charge is 2.09. The van der Waals surface area contributed by atoms with Crippen molar-refractivity contribution in [3.8, 4) is 17.2 Å². The van der Waals surface area contributed by atoms with Gasteiger partial charge in [-0.3, -0.25) is 5.10 Å². The van der Waals surface area contributed by atoms with Crippen LogP contribution in [0.15, 0.2) is 48.8 Å². The number of nitrogens with one attached hydrogen (secondary N) is 2. The highest BCUT2D eigenvalue weighted by atomic mass is 16.5. The summed E-state index contributed by atoms with van der Waals surface area (Å²) in [5.74, 6) is 3.62. The van der Waals surface area contributed by atoms with Gasteiger partial charge in [-0.05, 0) is 48.7 Å². The van der Waals surface area contributed by atoms with E-state index in [4.69, 9.17) is 18.9 Å². The molecule has 0 saturated heterocycles. The molecule has 0 radical (unpaired) electrons. The van der Waals surface area contributed by atoms with E-state index in [1.54, 1.807) is 21.3 Å². The summed E-state index contributed by atoms with van der Waals surface area (Å²) in [5.41, 5.74) is 2.94. The van der Waals surface area contributed by atoms with Gasteiger partial charge in [0.1, 0.15) is 36.0 Å². The molecule has 0 atom stereocenters. The fraction of sp³-hybridized carbons (Fsp3) is 0.292. The van der Waals surface area contributed by atoms with E-state index in [1.807, 2.05) is 42.5 Å². The third kappa shape index (κ3) is 5.69. The van der Waals surface area contributed by atoms with E-state index in [0.717, 1.165) is 52.3 Å². The maximum Gasteiger partial charge on any atom is 0.153 e. The molecule has 2 N–H and O–H groups in total. The van der Waals surface area contributed by atoms with Gasteiger partial charge in [0.15, 0.2) is 5.82 Å². The van der Waals surface area contributed by atoms with Crippen molar-refractivity contribution in [2.75, 3.05) is 39.9 Å². The molecule has 0 aliphatic carbocycles. The van der Waals surface area contributed by atoms with Crippen molar-refractivity contribution in [3.63, 3.8) is 0 Å². The molecule has 33 heavy (non-hydrogen) atoms. The summed E-state index contributed by atoms with van der Waals surface area (Å²) in [6.45, 7) is 0.993. The molecule has 0 bridgehead atoms. The molecule has 2 aromatic heterocycles. The fourth-order valence-electron chi connectivity index (χ4n) is 3.43. The highest BCUT2D eigenvalue weighted by molar-refractivity contribution is 5.91. The number of aryl methyl sites for hydroxylation is 2. The molecule has 0 spiro atoms. The quantitative estimate of drug-likeness (QED) is 0.332. The molecule has 0 unspecified atom stereocenters. The van der Waals surface area contributed by atoms with Gasteiger partial charge in [-0.2, -0.15) is 5.10 Å². The monoisotopic (exact) mass is 449 g/mol. The summed E-state index contributed by atoms with van der Waals surface area (Å²) >= 11 is 0. The van der Waals surface area contributed by atoms with E-state index < -0.39 is 0 Å². The molecule has 9 heteroatoms. The lowest BCUT2D eigenvalue weighted by Gasteiger charge is -2.09. The number of nitrogens with zero attached hydrogens (tertiary/aromatic N) is 3. The zero-order chi connectivity index (χ0) is 23.0. The predicted octanol–water partition coefficient (Wildman–Crippen LogP) is 3.92. The van der Waals surface area contributed by atoms with Crippen LogP contribution in [0.2, 0.25) is 0 Å². The first kappa shape index (κ1) is 22.3. The lowest BCUT2D eigenvalue weighted by Crippen LogP contribution is -2.04. The van der Waals surface area contributed by atoms with Crippen LogP contribution in [0.4, 0.5) is 11.6 Å². The first-order valence-corrected chi connectivity index (χ1v) is 10.6. The van der Waals surface area contributed by atoms with Crippen molar-refractivity contribution in [2.45, 2.75) is 12.8 Å². The second-order valence-corrected chi connectivity index (χ2v) is 7.37. The molecule has 2 heterocycles. The summed E-state index contributed by atoms with van der Waals surface area (Å²) in [6, 6.07) is 13.6. The molecule has 4 rings (SSSR count). The maximum absolute atomic E-state index is 5.72. The van der Waals surface area contributed by atoms with E-state index >= 15 is 0 Å². The number of fused-ring (bicyclic) bond motifs is 1. The van der Waals surface area contributed by atoms with E-state index in [0.29, 0.717) is 24.8 Å². The number of aromatic amines is 1. The number of H-pyrrole nitrogens is 1. The molecule has 2 aromatic carbocycles. The van der Waals surface area contributed by atoms with Gasteiger partial charge in [-0.15, -0.1) is 0 Å². The van der Waals surface area contributed by atoms with Crippen molar-refractivity contribution in [2.24, 2.45) is 0 Å². The van der Waals surface area contributed by atoms with Crippen LogP contribution in [-0.2, 0) is 17.6 Å². The van der Waals surface area contributed by atoms with Gasteiger partial charge in [0, 0.05) is 30.3 Å². The molecular formula is C24H27N5O4. The van der Waals surface area contributed by atoms with Crippen LogP contribution in [0.5, 0.6) is 17.2 Å². The Labute approximate surface area is 192 Å². The lowest BCUT2D eigenvalue weighted by atomic mass is 10.1. The van der Waals surface area contributed by atoms with Crippen LogP contribution < -0.4 is 19.5 Å². The summed E-state index contributed by atoms with van der Waals surface area (Å²) in [7, 11) is 4.94. The van der Waals surface area contributed by atoms with E-state index in [-0.39, 0.29) is 0 Å². The van der Waals surface area contributed by atoms with E-state index in [9.17, 15) is 0 Å². The highest BCUT2D eigenvalue weighted by Crippen LogP contribution is 2.27. The molecule has 0 aliphatic rings. The van der Waals surface area contributed by atoms with Crippen LogP contribution in [0.1, 0.15) is 11.3 Å². The van der Waals surface area contributed by atoms with Gasteiger partial charge >= 0.3 is 0 Å². The van der Waals surface area contributed by atoms with Gasteiger partial charge in [0.25, 0.3) is 0 Å². The molecule has 0 aliphatic heterocycles. The molecule has 9 nitrogen and oxygen atoms in total. The minimum absolute atomic E-state index is 0.473. The largest absolute Gasteiger partial charge is 0.497 e. The van der Waals surface area contributed by atoms with Gasteiger partial charge in [0.2, 0.25) is 0 Å². The molecule has 0 saturated carbocycles. The Hall–Kier alpha value is -3.85. The second kappa shape index (κ2) is 10.6. The Bertz CT molecular complexity index is 1190. The Morgan fingerprint density at radius 2 is 1.67 bits per heavy atom. The van der Waals surface area contributed by atoms with E-state index in [2.05, 4.69) is 25.5 Å². The summed E-state index contributed by atoms with van der Waals surface area (Å²) in [4.78, 5) is 8.73. The maximum atomic E-state index is 5.72. The van der Waals surface area contributed by atoms with Gasteiger partial charge in [0.05, 0.1) is 26.3 Å². The van der Waals surface area contributed by atoms with Crippen LogP contribution in [-0.4, -0.2) is 54.7 Å². The second-order valence-electron chi connectivity index (χ2n) is 7.37. The standard InChI is InChI=1S/C24H27N5O4/c1-30-8-9-33-18-6-7-22-21(14-18)24(26-15-25-22)27-23-12-17(28-29-23)5-4-16-10-19(31-2)13-20(11-16)32-3/h6-7,10-15H,4-5,8-9H2,1-3H3,(H2,25,26,27,28,29). The van der Waals surface area contributed by atoms with E-state index in [1.165, 1.54) is 6.33 Å². The molecule has 0 fully saturated rings. The Morgan fingerprint density at radius 1 is 0.848 bits per heavy atom. The number of aromatic nitrogens is 4. The molecule has 4 aromatic rings. The number of methoxy groups -OCH3 is 3. The van der Waals surface area contributed by atoms with Crippen LogP contribution in [0.3, 0.4) is 0 Å². The smallest absolute Gasteiger partial charge is 0.153 e. The Morgan fingerprint density at radius 3 is 2.42 bits per heavy atom. The fourth-order valence-corrected chi connectivity index (χ4v) is 3.43. The van der Waals surface area contributed by atoms with Crippen LogP contribution in [0.25, 0.3) is 10.9 Å². The van der Waals surface area contributed by atoms with Crippen molar-refractivity contribution >= 4 is 22.5 Å².